The van der Waals surface area contributed by atoms with Gasteiger partial charge in [0.05, 0.1) is 18.0 Å². The Labute approximate surface area is 104 Å². The van der Waals surface area contributed by atoms with Gasteiger partial charge in [-0.3, -0.25) is 0 Å². The third kappa shape index (κ3) is 2.79. The molecule has 3 nitrogen and oxygen atoms in total. The van der Waals surface area contributed by atoms with Crippen LogP contribution in [0.1, 0.15) is 5.56 Å². The van der Waals surface area contributed by atoms with Crippen molar-refractivity contribution in [3.05, 3.63) is 28.8 Å². The molecule has 0 N–H and O–H groups in total. The maximum Gasteiger partial charge on any atom is 0.106 e. The summed E-state index contributed by atoms with van der Waals surface area (Å²) in [6.07, 6.45) is 0. The zero-order valence-corrected chi connectivity index (χ0v) is 9.96. The summed E-state index contributed by atoms with van der Waals surface area (Å²) in [5.74, 6) is 0.252. The van der Waals surface area contributed by atoms with Gasteiger partial charge < -0.3 is 4.90 Å². The molecule has 0 aliphatic rings. The molecule has 1 aromatic rings. The Balaban J connectivity index is 3.14. The van der Waals surface area contributed by atoms with Crippen molar-refractivity contribution in [2.45, 2.75) is 5.88 Å². The van der Waals surface area contributed by atoms with E-state index in [1.165, 1.54) is 0 Å². The number of hydrogen-bond donors (Lipinski definition) is 0. The molecule has 1 rings (SSSR count). The van der Waals surface area contributed by atoms with E-state index in [0.29, 0.717) is 5.02 Å². The van der Waals surface area contributed by atoms with Crippen LogP contribution in [-0.4, -0.2) is 13.1 Å². The number of rotatable bonds is 4. The minimum Gasteiger partial charge on any atom is -0.345 e. The summed E-state index contributed by atoms with van der Waals surface area (Å²) < 4.78 is 0. The van der Waals surface area contributed by atoms with Crippen molar-refractivity contribution in [2.75, 3.05) is 18.0 Å². The summed E-state index contributed by atoms with van der Waals surface area (Å²) in [5.41, 5.74) is 1.49. The second-order valence-electron chi connectivity index (χ2n) is 3.04. The lowest BCUT2D eigenvalue weighted by Gasteiger charge is -2.21. The van der Waals surface area contributed by atoms with Crippen molar-refractivity contribution in [1.82, 2.24) is 0 Å². The van der Waals surface area contributed by atoms with Gasteiger partial charge in [0, 0.05) is 16.3 Å². The van der Waals surface area contributed by atoms with Gasteiger partial charge >= 0.3 is 0 Å². The van der Waals surface area contributed by atoms with E-state index in [0.717, 1.165) is 11.3 Å². The second-order valence-corrected chi connectivity index (χ2v) is 3.72. The van der Waals surface area contributed by atoms with E-state index in [1.54, 1.807) is 23.1 Å². The second kappa shape index (κ2) is 6.23. The highest BCUT2D eigenvalue weighted by Crippen LogP contribution is 2.28. The van der Waals surface area contributed by atoms with Crippen molar-refractivity contribution >= 4 is 28.9 Å². The zero-order chi connectivity index (χ0) is 12.0. The van der Waals surface area contributed by atoms with Gasteiger partial charge in [-0.15, -0.1) is 11.6 Å². The fourth-order valence-corrected chi connectivity index (χ4v) is 1.96. The summed E-state index contributed by atoms with van der Waals surface area (Å²) in [6.45, 7) is 0.273. The normalized spacial score (nSPS) is 9.25. The summed E-state index contributed by atoms with van der Waals surface area (Å²) >= 11 is 11.8. The van der Waals surface area contributed by atoms with Gasteiger partial charge in [-0.25, -0.2) is 0 Å². The molecule has 0 heterocycles. The molecule has 0 bridgehead atoms. The Morgan fingerprint density at radius 3 is 2.31 bits per heavy atom. The monoisotopic (exact) mass is 253 g/mol. The SMILES string of the molecule is N#CCN(CC#N)c1cccc(Cl)c1CCl. The molecule has 0 fully saturated rings. The van der Waals surface area contributed by atoms with Crippen LogP contribution >= 0.6 is 23.2 Å². The van der Waals surface area contributed by atoms with Crippen LogP contribution in [0, 0.1) is 22.7 Å². The van der Waals surface area contributed by atoms with Crippen molar-refractivity contribution in [3.63, 3.8) is 0 Å². The molecule has 0 unspecified atom stereocenters. The highest BCUT2D eigenvalue weighted by Gasteiger charge is 2.12. The van der Waals surface area contributed by atoms with Crippen molar-refractivity contribution < 1.29 is 0 Å². The summed E-state index contributed by atoms with van der Waals surface area (Å²) in [4.78, 5) is 1.64. The third-order valence-corrected chi connectivity index (χ3v) is 2.71. The van der Waals surface area contributed by atoms with E-state index in [2.05, 4.69) is 0 Å². The van der Waals surface area contributed by atoms with Gasteiger partial charge in [0.15, 0.2) is 0 Å². The molecule has 1 aromatic carbocycles. The zero-order valence-electron chi connectivity index (χ0n) is 8.45. The summed E-state index contributed by atoms with van der Waals surface area (Å²) in [7, 11) is 0. The van der Waals surface area contributed by atoms with Gasteiger partial charge in [0.2, 0.25) is 0 Å². The fraction of sp³-hybridized carbons (Fsp3) is 0.273. The predicted molar refractivity (Wildman–Crippen MR) is 64.4 cm³/mol. The standard InChI is InChI=1S/C11H9Cl2N3/c12-8-9-10(13)2-1-3-11(9)16(6-4-14)7-5-15/h1-3H,6-8H2. The molecular formula is C11H9Cl2N3. The maximum absolute atomic E-state index is 8.69. The summed E-state index contributed by atoms with van der Waals surface area (Å²) in [6, 6.07) is 9.33. The molecule has 0 aliphatic heterocycles. The highest BCUT2D eigenvalue weighted by molar-refractivity contribution is 6.32. The Kier molecular flexibility index (Phi) is 4.92. The molecule has 0 aliphatic carbocycles. The molecule has 0 amide bonds. The molecule has 16 heavy (non-hydrogen) atoms. The van der Waals surface area contributed by atoms with Crippen molar-refractivity contribution in [1.29, 1.82) is 10.5 Å². The quantitative estimate of drug-likeness (QED) is 0.613. The van der Waals surface area contributed by atoms with Gasteiger partial charge in [0.25, 0.3) is 0 Å². The Morgan fingerprint density at radius 2 is 1.81 bits per heavy atom. The molecule has 5 heteroatoms. The van der Waals surface area contributed by atoms with Crippen LogP contribution in [0.15, 0.2) is 18.2 Å². The predicted octanol–water partition coefficient (Wildman–Crippen LogP) is 2.93. The number of nitrogens with zero attached hydrogens (tertiary/aromatic N) is 3. The lowest BCUT2D eigenvalue weighted by atomic mass is 10.2. The van der Waals surface area contributed by atoms with Crippen molar-refractivity contribution in [3.8, 4) is 12.1 Å². The average Bonchev–Trinajstić information content (AvgIpc) is 2.28. The van der Waals surface area contributed by atoms with Crippen LogP contribution in [-0.2, 0) is 5.88 Å². The first-order chi connectivity index (χ1) is 7.74. The molecule has 0 saturated carbocycles. The van der Waals surface area contributed by atoms with Crippen LogP contribution < -0.4 is 4.90 Å². The molecule has 0 aromatic heterocycles. The first kappa shape index (κ1) is 12.6. The van der Waals surface area contributed by atoms with E-state index in [9.17, 15) is 0 Å². The van der Waals surface area contributed by atoms with E-state index < -0.39 is 0 Å². The smallest absolute Gasteiger partial charge is 0.106 e. The minimum atomic E-state index is 0.137. The van der Waals surface area contributed by atoms with Gasteiger partial charge in [-0.05, 0) is 12.1 Å². The molecular weight excluding hydrogens is 245 g/mol. The van der Waals surface area contributed by atoms with Crippen LogP contribution in [0.3, 0.4) is 0 Å². The number of anilines is 1. The maximum atomic E-state index is 8.69. The van der Waals surface area contributed by atoms with E-state index in [4.69, 9.17) is 33.7 Å². The molecule has 0 saturated heterocycles. The minimum absolute atomic E-state index is 0.137. The Hall–Kier alpha value is -1.42. The van der Waals surface area contributed by atoms with E-state index >= 15 is 0 Å². The van der Waals surface area contributed by atoms with Crippen LogP contribution in [0.5, 0.6) is 0 Å². The van der Waals surface area contributed by atoms with E-state index in [1.807, 2.05) is 12.1 Å². The Morgan fingerprint density at radius 1 is 1.19 bits per heavy atom. The van der Waals surface area contributed by atoms with Gasteiger partial charge in [-0.1, -0.05) is 17.7 Å². The lowest BCUT2D eigenvalue weighted by molar-refractivity contribution is 0.957. The average molecular weight is 254 g/mol. The molecule has 0 atom stereocenters. The molecule has 0 radical (unpaired) electrons. The van der Waals surface area contributed by atoms with Crippen molar-refractivity contribution in [2.24, 2.45) is 0 Å². The van der Waals surface area contributed by atoms with Gasteiger partial charge in [-0.2, -0.15) is 10.5 Å². The lowest BCUT2D eigenvalue weighted by Crippen LogP contribution is -2.24. The first-order valence-corrected chi connectivity index (χ1v) is 5.48. The largest absolute Gasteiger partial charge is 0.345 e. The van der Waals surface area contributed by atoms with Crippen LogP contribution in [0.25, 0.3) is 0 Å². The molecule has 82 valence electrons. The fourth-order valence-electron chi connectivity index (χ4n) is 1.37. The number of benzene rings is 1. The van der Waals surface area contributed by atoms with Gasteiger partial charge in [0.1, 0.15) is 13.1 Å². The first-order valence-electron chi connectivity index (χ1n) is 4.56. The number of halogens is 2. The molecule has 0 spiro atoms. The number of nitriles is 2. The topological polar surface area (TPSA) is 50.8 Å². The third-order valence-electron chi connectivity index (χ3n) is 2.09. The highest BCUT2D eigenvalue weighted by atomic mass is 35.5. The van der Waals surface area contributed by atoms with Crippen LogP contribution in [0.4, 0.5) is 5.69 Å². The number of alkyl halides is 1. The van der Waals surface area contributed by atoms with Crippen LogP contribution in [0.2, 0.25) is 5.02 Å². The Bertz CT molecular complexity index is 430. The van der Waals surface area contributed by atoms with E-state index in [-0.39, 0.29) is 19.0 Å². The summed E-state index contributed by atoms with van der Waals surface area (Å²) in [5, 5.41) is 17.9. The number of hydrogen-bond acceptors (Lipinski definition) is 3.